The molecule has 84 valence electrons. The van der Waals surface area contributed by atoms with E-state index in [1.54, 1.807) is 7.11 Å². The molecule has 0 radical (unpaired) electrons. The van der Waals surface area contributed by atoms with E-state index in [1.807, 2.05) is 25.2 Å². The molecule has 4 heteroatoms. The lowest BCUT2D eigenvalue weighted by molar-refractivity contribution is 0.184. The molecule has 1 rings (SSSR count). The van der Waals surface area contributed by atoms with Crippen molar-refractivity contribution >= 4 is 11.6 Å². The minimum Gasteiger partial charge on any atom is -0.383 e. The minimum absolute atomic E-state index is 0.314. The summed E-state index contributed by atoms with van der Waals surface area (Å²) in [5.41, 5.74) is 0. The van der Waals surface area contributed by atoms with Crippen LogP contribution >= 0.6 is 0 Å². The first-order valence-corrected chi connectivity index (χ1v) is 5.20. The van der Waals surface area contributed by atoms with Crippen LogP contribution in [0.25, 0.3) is 0 Å². The van der Waals surface area contributed by atoms with Crippen LogP contribution in [0.2, 0.25) is 0 Å². The van der Waals surface area contributed by atoms with E-state index in [0.717, 1.165) is 18.1 Å². The van der Waals surface area contributed by atoms with Gasteiger partial charge >= 0.3 is 0 Å². The van der Waals surface area contributed by atoms with Gasteiger partial charge in [-0.15, -0.1) is 0 Å². The SMILES string of the molecule is CCC(COC)Nc1cccc(NC)n1. The van der Waals surface area contributed by atoms with E-state index in [9.17, 15) is 0 Å². The Morgan fingerprint density at radius 2 is 2.13 bits per heavy atom. The van der Waals surface area contributed by atoms with Gasteiger partial charge in [-0.25, -0.2) is 4.98 Å². The van der Waals surface area contributed by atoms with Crippen molar-refractivity contribution in [1.29, 1.82) is 0 Å². The average Bonchev–Trinajstić information content (AvgIpc) is 2.29. The van der Waals surface area contributed by atoms with Gasteiger partial charge in [-0.3, -0.25) is 0 Å². The number of methoxy groups -OCH3 is 1. The number of anilines is 2. The highest BCUT2D eigenvalue weighted by atomic mass is 16.5. The van der Waals surface area contributed by atoms with E-state index in [0.29, 0.717) is 12.6 Å². The zero-order chi connectivity index (χ0) is 11.1. The third kappa shape index (κ3) is 3.75. The Kier molecular flexibility index (Phi) is 4.90. The lowest BCUT2D eigenvalue weighted by atomic mass is 10.2. The van der Waals surface area contributed by atoms with E-state index >= 15 is 0 Å². The summed E-state index contributed by atoms with van der Waals surface area (Å²) in [7, 11) is 3.57. The fourth-order valence-corrected chi connectivity index (χ4v) is 1.33. The summed E-state index contributed by atoms with van der Waals surface area (Å²) in [4.78, 5) is 4.38. The van der Waals surface area contributed by atoms with Crippen molar-refractivity contribution < 1.29 is 4.74 Å². The van der Waals surface area contributed by atoms with Gasteiger partial charge in [0.2, 0.25) is 0 Å². The van der Waals surface area contributed by atoms with E-state index < -0.39 is 0 Å². The molecule has 1 aromatic rings. The Bertz CT molecular complexity index is 291. The van der Waals surface area contributed by atoms with Gasteiger partial charge < -0.3 is 15.4 Å². The van der Waals surface area contributed by atoms with Crippen LogP contribution in [0.1, 0.15) is 13.3 Å². The van der Waals surface area contributed by atoms with Gasteiger partial charge in [0.1, 0.15) is 11.6 Å². The fourth-order valence-electron chi connectivity index (χ4n) is 1.33. The van der Waals surface area contributed by atoms with Gasteiger partial charge in [0.05, 0.1) is 12.6 Å². The monoisotopic (exact) mass is 209 g/mol. The quantitative estimate of drug-likeness (QED) is 0.752. The van der Waals surface area contributed by atoms with Gasteiger partial charge in [-0.2, -0.15) is 0 Å². The number of nitrogens with one attached hydrogen (secondary N) is 2. The standard InChI is InChI=1S/C11H19N3O/c1-4-9(8-15-3)13-11-7-5-6-10(12-2)14-11/h5-7,9H,4,8H2,1-3H3,(H2,12,13,14). The van der Waals surface area contributed by atoms with Gasteiger partial charge in [-0.05, 0) is 18.6 Å². The van der Waals surface area contributed by atoms with Crippen molar-refractivity contribution in [2.75, 3.05) is 31.4 Å². The first-order chi connectivity index (χ1) is 7.30. The van der Waals surface area contributed by atoms with Crippen molar-refractivity contribution in [3.05, 3.63) is 18.2 Å². The smallest absolute Gasteiger partial charge is 0.128 e. The van der Waals surface area contributed by atoms with Gasteiger partial charge in [-0.1, -0.05) is 13.0 Å². The third-order valence-corrected chi connectivity index (χ3v) is 2.22. The predicted molar refractivity (Wildman–Crippen MR) is 63.4 cm³/mol. The highest BCUT2D eigenvalue weighted by Crippen LogP contribution is 2.10. The Balaban J connectivity index is 2.61. The molecule has 0 aliphatic heterocycles. The Hall–Kier alpha value is -1.29. The van der Waals surface area contributed by atoms with Crippen LogP contribution < -0.4 is 10.6 Å². The van der Waals surface area contributed by atoms with Crippen LogP contribution in [0.15, 0.2) is 18.2 Å². The second-order valence-electron chi connectivity index (χ2n) is 3.36. The second-order valence-corrected chi connectivity index (χ2v) is 3.36. The molecule has 0 aliphatic rings. The first kappa shape index (κ1) is 11.8. The highest BCUT2D eigenvalue weighted by Gasteiger charge is 2.05. The van der Waals surface area contributed by atoms with E-state index in [4.69, 9.17) is 4.74 Å². The topological polar surface area (TPSA) is 46.2 Å². The molecule has 1 heterocycles. The number of ether oxygens (including phenoxy) is 1. The number of rotatable bonds is 6. The fraction of sp³-hybridized carbons (Fsp3) is 0.545. The molecule has 2 N–H and O–H groups in total. The van der Waals surface area contributed by atoms with Crippen LogP contribution in [0.5, 0.6) is 0 Å². The van der Waals surface area contributed by atoms with E-state index in [2.05, 4.69) is 22.5 Å². The molecule has 1 aromatic heterocycles. The summed E-state index contributed by atoms with van der Waals surface area (Å²) in [5.74, 6) is 1.75. The Morgan fingerprint density at radius 1 is 1.40 bits per heavy atom. The van der Waals surface area contributed by atoms with Crippen LogP contribution in [0.3, 0.4) is 0 Å². The normalized spacial score (nSPS) is 12.2. The van der Waals surface area contributed by atoms with Crippen molar-refractivity contribution in [3.8, 4) is 0 Å². The lowest BCUT2D eigenvalue weighted by Crippen LogP contribution is -2.24. The number of nitrogens with zero attached hydrogens (tertiary/aromatic N) is 1. The molecular weight excluding hydrogens is 190 g/mol. The van der Waals surface area contributed by atoms with Crippen molar-refractivity contribution in [2.24, 2.45) is 0 Å². The molecule has 0 aliphatic carbocycles. The summed E-state index contributed by atoms with van der Waals surface area (Å²) >= 11 is 0. The van der Waals surface area contributed by atoms with Crippen molar-refractivity contribution in [3.63, 3.8) is 0 Å². The maximum absolute atomic E-state index is 5.12. The molecule has 1 atom stereocenters. The molecule has 0 bridgehead atoms. The third-order valence-electron chi connectivity index (χ3n) is 2.22. The van der Waals surface area contributed by atoms with Crippen LogP contribution in [-0.2, 0) is 4.74 Å². The molecule has 1 unspecified atom stereocenters. The van der Waals surface area contributed by atoms with Crippen LogP contribution in [-0.4, -0.2) is 31.8 Å². The molecule has 0 amide bonds. The number of pyridine rings is 1. The summed E-state index contributed by atoms with van der Waals surface area (Å²) in [6, 6.07) is 6.18. The summed E-state index contributed by atoms with van der Waals surface area (Å²) in [5, 5.41) is 6.34. The molecule has 0 aromatic carbocycles. The van der Waals surface area contributed by atoms with Crippen molar-refractivity contribution in [1.82, 2.24) is 4.98 Å². The molecule has 0 saturated heterocycles. The second kappa shape index (κ2) is 6.24. The molecular formula is C11H19N3O. The van der Waals surface area contributed by atoms with Gasteiger partial charge in [0.15, 0.2) is 0 Å². The van der Waals surface area contributed by atoms with Gasteiger partial charge in [0.25, 0.3) is 0 Å². The van der Waals surface area contributed by atoms with E-state index in [-0.39, 0.29) is 0 Å². The average molecular weight is 209 g/mol. The Morgan fingerprint density at radius 3 is 2.73 bits per heavy atom. The maximum Gasteiger partial charge on any atom is 0.128 e. The summed E-state index contributed by atoms with van der Waals surface area (Å²) in [6.07, 6.45) is 1.01. The zero-order valence-electron chi connectivity index (χ0n) is 9.58. The molecule has 0 saturated carbocycles. The summed E-state index contributed by atoms with van der Waals surface area (Å²) < 4.78 is 5.12. The molecule has 0 spiro atoms. The van der Waals surface area contributed by atoms with Crippen molar-refractivity contribution in [2.45, 2.75) is 19.4 Å². The predicted octanol–water partition coefficient (Wildman–Crippen LogP) is 1.96. The number of hydrogen-bond donors (Lipinski definition) is 2. The molecule has 15 heavy (non-hydrogen) atoms. The van der Waals surface area contributed by atoms with E-state index in [1.165, 1.54) is 0 Å². The Labute approximate surface area is 91.1 Å². The largest absolute Gasteiger partial charge is 0.383 e. The van der Waals surface area contributed by atoms with Crippen LogP contribution in [0, 0.1) is 0 Å². The maximum atomic E-state index is 5.12. The molecule has 4 nitrogen and oxygen atoms in total. The number of aromatic nitrogens is 1. The minimum atomic E-state index is 0.314. The lowest BCUT2D eigenvalue weighted by Gasteiger charge is -2.16. The first-order valence-electron chi connectivity index (χ1n) is 5.20. The highest BCUT2D eigenvalue weighted by molar-refractivity contribution is 5.45. The molecule has 0 fully saturated rings. The van der Waals surface area contributed by atoms with Crippen LogP contribution in [0.4, 0.5) is 11.6 Å². The zero-order valence-corrected chi connectivity index (χ0v) is 9.58. The van der Waals surface area contributed by atoms with Gasteiger partial charge in [0, 0.05) is 14.2 Å². The number of hydrogen-bond acceptors (Lipinski definition) is 4. The summed E-state index contributed by atoms with van der Waals surface area (Å²) in [6.45, 7) is 2.82.